The van der Waals surface area contributed by atoms with Crippen LogP contribution in [0.15, 0.2) is 41.5 Å². The first-order valence-corrected chi connectivity index (χ1v) is 7.76. The van der Waals surface area contributed by atoms with Gasteiger partial charge in [0, 0.05) is 6.21 Å². The van der Waals surface area contributed by atoms with Gasteiger partial charge in [-0.05, 0) is 35.7 Å². The fraction of sp³-hybridized carbons (Fsp3) is 0.333. The molecule has 4 heteroatoms. The number of hydrazone groups is 1. The van der Waals surface area contributed by atoms with E-state index in [1.807, 2.05) is 24.3 Å². The van der Waals surface area contributed by atoms with E-state index in [1.165, 1.54) is 19.3 Å². The maximum atomic E-state index is 12.1. The van der Waals surface area contributed by atoms with Crippen LogP contribution in [0, 0.1) is 0 Å². The van der Waals surface area contributed by atoms with Gasteiger partial charge in [-0.2, -0.15) is 5.10 Å². The summed E-state index contributed by atoms with van der Waals surface area (Å²) in [4.78, 5) is 12.1. The van der Waals surface area contributed by atoms with Crippen molar-refractivity contribution < 1.29 is 9.90 Å². The lowest BCUT2D eigenvalue weighted by Gasteiger charge is -2.05. The monoisotopic (exact) mass is 298 g/mol. The first kappa shape index (κ1) is 16.0. The molecule has 0 aliphatic carbocycles. The molecule has 0 atom stereocenters. The molecule has 0 aliphatic rings. The Morgan fingerprint density at radius 1 is 1.18 bits per heavy atom. The Hall–Kier alpha value is -2.36. The van der Waals surface area contributed by atoms with Gasteiger partial charge in [0.25, 0.3) is 5.91 Å². The number of fused-ring (bicyclic) bond motifs is 1. The van der Waals surface area contributed by atoms with Crippen molar-refractivity contribution in [3.63, 3.8) is 0 Å². The lowest BCUT2D eigenvalue weighted by Crippen LogP contribution is -2.17. The van der Waals surface area contributed by atoms with Crippen molar-refractivity contribution in [2.45, 2.75) is 39.0 Å². The van der Waals surface area contributed by atoms with Gasteiger partial charge in [-0.1, -0.05) is 50.5 Å². The number of phenols is 1. The fourth-order valence-corrected chi connectivity index (χ4v) is 2.30. The molecule has 2 rings (SSSR count). The second kappa shape index (κ2) is 8.17. The number of carbonyl (C=O) groups excluding carboxylic acids is 1. The fourth-order valence-electron chi connectivity index (χ4n) is 2.30. The van der Waals surface area contributed by atoms with Crippen LogP contribution in [0.4, 0.5) is 0 Å². The van der Waals surface area contributed by atoms with Crippen LogP contribution in [0.25, 0.3) is 10.8 Å². The quantitative estimate of drug-likeness (QED) is 0.456. The van der Waals surface area contributed by atoms with Crippen LogP contribution in [-0.4, -0.2) is 17.2 Å². The van der Waals surface area contributed by atoms with E-state index in [4.69, 9.17) is 0 Å². The second-order valence-corrected chi connectivity index (χ2v) is 5.32. The molecular formula is C18H22N2O2. The summed E-state index contributed by atoms with van der Waals surface area (Å²) in [7, 11) is 0. The summed E-state index contributed by atoms with van der Waals surface area (Å²) < 4.78 is 0. The van der Waals surface area contributed by atoms with E-state index >= 15 is 0 Å². The zero-order chi connectivity index (χ0) is 15.8. The Bertz CT molecular complexity index is 665. The van der Waals surface area contributed by atoms with Crippen molar-refractivity contribution in [2.24, 2.45) is 5.10 Å². The van der Waals surface area contributed by atoms with E-state index in [2.05, 4.69) is 17.5 Å². The molecule has 116 valence electrons. The topological polar surface area (TPSA) is 61.7 Å². The third kappa shape index (κ3) is 4.32. The number of phenolic OH excluding ortho intramolecular Hbond substituents is 1. The number of hydrogen-bond acceptors (Lipinski definition) is 3. The summed E-state index contributed by atoms with van der Waals surface area (Å²) in [5.74, 6) is -0.428. The van der Waals surface area contributed by atoms with Gasteiger partial charge in [-0.3, -0.25) is 4.79 Å². The number of nitrogens with zero attached hydrogens (tertiary/aromatic N) is 1. The number of rotatable bonds is 7. The Balaban J connectivity index is 1.95. The van der Waals surface area contributed by atoms with Gasteiger partial charge in [0.2, 0.25) is 0 Å². The largest absolute Gasteiger partial charge is 0.507 e. The molecule has 1 amide bonds. The van der Waals surface area contributed by atoms with Gasteiger partial charge in [0.05, 0.1) is 5.56 Å². The maximum absolute atomic E-state index is 12.1. The second-order valence-electron chi connectivity index (χ2n) is 5.32. The minimum absolute atomic E-state index is 0.0330. The maximum Gasteiger partial charge on any atom is 0.275 e. The van der Waals surface area contributed by atoms with Crippen molar-refractivity contribution >= 4 is 22.9 Å². The summed E-state index contributed by atoms with van der Waals surface area (Å²) in [6.45, 7) is 2.17. The highest BCUT2D eigenvalue weighted by Gasteiger charge is 2.11. The first-order chi connectivity index (χ1) is 10.7. The van der Waals surface area contributed by atoms with E-state index in [1.54, 1.807) is 18.3 Å². The molecule has 0 saturated heterocycles. The Labute approximate surface area is 130 Å². The smallest absolute Gasteiger partial charge is 0.275 e. The number of amides is 1. The van der Waals surface area contributed by atoms with Crippen LogP contribution in [-0.2, 0) is 0 Å². The molecular weight excluding hydrogens is 276 g/mol. The molecule has 0 heterocycles. The zero-order valence-electron chi connectivity index (χ0n) is 12.9. The number of hydrogen-bond donors (Lipinski definition) is 2. The summed E-state index contributed by atoms with van der Waals surface area (Å²) in [5, 5.41) is 15.7. The Kier molecular flexibility index (Phi) is 5.95. The first-order valence-electron chi connectivity index (χ1n) is 7.76. The summed E-state index contributed by atoms with van der Waals surface area (Å²) in [5.41, 5.74) is 2.70. The number of unbranched alkanes of at least 4 members (excludes halogenated alkanes) is 4. The molecule has 0 bridgehead atoms. The molecule has 2 aromatic carbocycles. The van der Waals surface area contributed by atoms with E-state index in [-0.39, 0.29) is 11.3 Å². The van der Waals surface area contributed by atoms with Crippen LogP contribution in [0.3, 0.4) is 0 Å². The number of benzene rings is 2. The summed E-state index contributed by atoms with van der Waals surface area (Å²) in [6, 6.07) is 10.9. The van der Waals surface area contributed by atoms with Crippen molar-refractivity contribution in [3.8, 4) is 5.75 Å². The highest BCUT2D eigenvalue weighted by molar-refractivity contribution is 6.01. The lowest BCUT2D eigenvalue weighted by molar-refractivity contribution is 0.0952. The molecule has 2 aromatic rings. The lowest BCUT2D eigenvalue weighted by atomic mass is 10.1. The minimum atomic E-state index is -0.395. The molecule has 0 radical (unpaired) electrons. The van der Waals surface area contributed by atoms with Gasteiger partial charge in [0.15, 0.2) is 0 Å². The molecule has 2 N–H and O–H groups in total. The zero-order valence-corrected chi connectivity index (χ0v) is 12.9. The van der Waals surface area contributed by atoms with Crippen LogP contribution < -0.4 is 5.43 Å². The van der Waals surface area contributed by atoms with E-state index in [9.17, 15) is 9.90 Å². The van der Waals surface area contributed by atoms with Crippen molar-refractivity contribution in [1.29, 1.82) is 0 Å². The highest BCUT2D eigenvalue weighted by Crippen LogP contribution is 2.24. The van der Waals surface area contributed by atoms with Crippen LogP contribution in [0.2, 0.25) is 0 Å². The SMILES string of the molecule is CCCCCC/C=N/NC(=O)c1cc2ccccc2cc1O. The van der Waals surface area contributed by atoms with Crippen LogP contribution in [0.1, 0.15) is 49.4 Å². The third-order valence-corrected chi connectivity index (χ3v) is 3.55. The van der Waals surface area contributed by atoms with Gasteiger partial charge in [-0.25, -0.2) is 5.43 Å². The number of carbonyl (C=O) groups is 1. The number of aromatic hydroxyl groups is 1. The molecule has 0 saturated carbocycles. The predicted molar refractivity (Wildman–Crippen MR) is 90.3 cm³/mol. The molecule has 4 nitrogen and oxygen atoms in total. The molecule has 0 unspecified atom stereocenters. The predicted octanol–water partition coefficient (Wildman–Crippen LogP) is 4.23. The van der Waals surface area contributed by atoms with Gasteiger partial charge < -0.3 is 5.11 Å². The molecule has 22 heavy (non-hydrogen) atoms. The van der Waals surface area contributed by atoms with E-state index < -0.39 is 5.91 Å². The van der Waals surface area contributed by atoms with E-state index in [0.717, 1.165) is 23.6 Å². The van der Waals surface area contributed by atoms with Gasteiger partial charge in [0.1, 0.15) is 5.75 Å². The normalized spacial score (nSPS) is 11.1. The van der Waals surface area contributed by atoms with Crippen LogP contribution in [0.5, 0.6) is 5.75 Å². The molecule has 0 aliphatic heterocycles. The van der Waals surface area contributed by atoms with Gasteiger partial charge >= 0.3 is 0 Å². The Morgan fingerprint density at radius 3 is 2.64 bits per heavy atom. The van der Waals surface area contributed by atoms with E-state index in [0.29, 0.717) is 0 Å². The summed E-state index contributed by atoms with van der Waals surface area (Å²) >= 11 is 0. The molecule has 0 aromatic heterocycles. The average molecular weight is 298 g/mol. The van der Waals surface area contributed by atoms with Gasteiger partial charge in [-0.15, -0.1) is 0 Å². The van der Waals surface area contributed by atoms with Crippen molar-refractivity contribution in [2.75, 3.05) is 0 Å². The molecule has 0 fully saturated rings. The summed E-state index contributed by atoms with van der Waals surface area (Å²) in [6.07, 6.45) is 7.26. The molecule has 0 spiro atoms. The highest BCUT2D eigenvalue weighted by atomic mass is 16.3. The minimum Gasteiger partial charge on any atom is -0.507 e. The van der Waals surface area contributed by atoms with Crippen molar-refractivity contribution in [3.05, 3.63) is 42.0 Å². The number of nitrogens with one attached hydrogen (secondary N) is 1. The average Bonchev–Trinajstić information content (AvgIpc) is 2.53. The van der Waals surface area contributed by atoms with Crippen LogP contribution >= 0.6 is 0 Å². The third-order valence-electron chi connectivity index (χ3n) is 3.55. The van der Waals surface area contributed by atoms with Crippen molar-refractivity contribution in [1.82, 2.24) is 5.43 Å². The standard InChI is InChI=1S/C18H22N2O2/c1-2-3-4-5-8-11-19-20-18(22)16-12-14-9-6-7-10-15(14)13-17(16)21/h6-7,9-13,21H,2-5,8H2,1H3,(H,20,22)/b19-11+. The Morgan fingerprint density at radius 2 is 1.91 bits per heavy atom.